The maximum atomic E-state index is 13.4. The molecule has 8 nitrogen and oxygen atoms in total. The van der Waals surface area contributed by atoms with Gasteiger partial charge in [-0.25, -0.2) is 4.98 Å². The number of amides is 1. The fourth-order valence-corrected chi connectivity index (χ4v) is 3.72. The molecule has 0 aliphatic carbocycles. The van der Waals surface area contributed by atoms with E-state index in [0.29, 0.717) is 23.7 Å². The van der Waals surface area contributed by atoms with Crippen LogP contribution < -0.4 is 4.90 Å². The van der Waals surface area contributed by atoms with Crippen molar-refractivity contribution in [2.45, 2.75) is 6.54 Å². The molecule has 3 aromatic carbocycles. The van der Waals surface area contributed by atoms with Crippen molar-refractivity contribution in [2.75, 3.05) is 4.90 Å². The molecule has 5 rings (SSSR count). The topological polar surface area (TPSA) is 104 Å². The second kappa shape index (κ2) is 9.48. The lowest BCUT2D eigenvalue weighted by Crippen LogP contribution is -2.30. The number of carbonyl (C=O) groups is 1. The van der Waals surface area contributed by atoms with Crippen molar-refractivity contribution >= 4 is 11.6 Å². The molecule has 0 spiro atoms. The first-order valence-corrected chi connectivity index (χ1v) is 10.9. The summed E-state index contributed by atoms with van der Waals surface area (Å²) < 4.78 is 1.77. The van der Waals surface area contributed by atoms with Gasteiger partial charge in [-0.15, -0.1) is 10.2 Å². The van der Waals surface area contributed by atoms with E-state index in [2.05, 4.69) is 15.2 Å². The van der Waals surface area contributed by atoms with Gasteiger partial charge >= 0.3 is 0 Å². The Morgan fingerprint density at radius 3 is 2.34 bits per heavy atom. The number of hydrogen-bond acceptors (Lipinski definition) is 6. The van der Waals surface area contributed by atoms with Crippen LogP contribution in [-0.4, -0.2) is 35.9 Å². The van der Waals surface area contributed by atoms with Crippen LogP contribution in [0.25, 0.3) is 17.1 Å². The average Bonchev–Trinajstić information content (AvgIpc) is 3.43. The number of carbonyl (C=O) groups excluding carboxylic acids is 1. The van der Waals surface area contributed by atoms with Crippen LogP contribution in [0.5, 0.6) is 11.5 Å². The van der Waals surface area contributed by atoms with Gasteiger partial charge in [0.15, 0.2) is 5.82 Å². The number of imidazole rings is 1. The lowest BCUT2D eigenvalue weighted by atomic mass is 10.1. The fraction of sp³-hybridized carbons (Fsp3) is 0.0370. The van der Waals surface area contributed by atoms with Gasteiger partial charge in [0.1, 0.15) is 17.8 Å². The van der Waals surface area contributed by atoms with Gasteiger partial charge in [-0.1, -0.05) is 42.5 Å². The molecule has 0 aliphatic heterocycles. The molecular formula is C27H21N5O3. The van der Waals surface area contributed by atoms with Gasteiger partial charge in [-0.2, -0.15) is 0 Å². The van der Waals surface area contributed by atoms with Crippen LogP contribution in [-0.2, 0) is 6.54 Å². The first-order valence-electron chi connectivity index (χ1n) is 10.9. The number of rotatable bonds is 6. The molecule has 1 amide bonds. The van der Waals surface area contributed by atoms with Crippen molar-refractivity contribution in [3.8, 4) is 28.6 Å². The molecular weight excluding hydrogens is 442 g/mol. The third-order valence-corrected chi connectivity index (χ3v) is 5.53. The Balaban J connectivity index is 1.45. The Bertz CT molecular complexity index is 1440. The van der Waals surface area contributed by atoms with E-state index in [1.807, 2.05) is 66.7 Å². The molecule has 0 saturated carbocycles. The summed E-state index contributed by atoms with van der Waals surface area (Å²) in [5, 5.41) is 28.5. The van der Waals surface area contributed by atoms with Crippen LogP contribution in [0.1, 0.15) is 15.9 Å². The molecule has 0 unspecified atom stereocenters. The lowest BCUT2D eigenvalue weighted by Gasteiger charge is -2.24. The molecule has 2 aromatic heterocycles. The third kappa shape index (κ3) is 4.72. The molecule has 0 aliphatic rings. The van der Waals surface area contributed by atoms with Crippen LogP contribution in [0.4, 0.5) is 5.69 Å². The zero-order valence-corrected chi connectivity index (χ0v) is 18.6. The highest BCUT2D eigenvalue weighted by molar-refractivity contribution is 6.08. The number of hydrogen-bond donors (Lipinski definition) is 2. The number of anilines is 1. The second-order valence-corrected chi connectivity index (χ2v) is 7.87. The Morgan fingerprint density at radius 2 is 1.69 bits per heavy atom. The summed E-state index contributed by atoms with van der Waals surface area (Å²) in [4.78, 5) is 19.0. The molecule has 8 heteroatoms. The molecule has 2 heterocycles. The fourth-order valence-electron chi connectivity index (χ4n) is 3.72. The second-order valence-electron chi connectivity index (χ2n) is 7.87. The minimum atomic E-state index is -0.386. The number of nitrogens with zero attached hydrogens (tertiary/aromatic N) is 5. The highest BCUT2D eigenvalue weighted by atomic mass is 16.3. The van der Waals surface area contributed by atoms with E-state index in [9.17, 15) is 15.0 Å². The molecule has 0 radical (unpaired) electrons. The third-order valence-electron chi connectivity index (χ3n) is 5.53. The predicted molar refractivity (Wildman–Crippen MR) is 131 cm³/mol. The predicted octanol–water partition coefficient (Wildman–Crippen LogP) is 4.59. The monoisotopic (exact) mass is 463 g/mol. The molecule has 35 heavy (non-hydrogen) atoms. The van der Waals surface area contributed by atoms with Gasteiger partial charge in [-0.05, 0) is 42.0 Å². The first-order chi connectivity index (χ1) is 17.1. The van der Waals surface area contributed by atoms with Crippen molar-refractivity contribution in [2.24, 2.45) is 0 Å². The van der Waals surface area contributed by atoms with Gasteiger partial charge in [0.25, 0.3) is 5.91 Å². The summed E-state index contributed by atoms with van der Waals surface area (Å²) in [6.07, 6.45) is 5.13. The Kier molecular flexibility index (Phi) is 5.92. The van der Waals surface area contributed by atoms with Crippen molar-refractivity contribution in [3.05, 3.63) is 115 Å². The molecule has 0 atom stereocenters. The number of aromatic nitrogens is 4. The van der Waals surface area contributed by atoms with Gasteiger partial charge < -0.3 is 15.1 Å². The van der Waals surface area contributed by atoms with Gasteiger partial charge in [0, 0.05) is 29.7 Å². The molecule has 0 fully saturated rings. The maximum Gasteiger partial charge on any atom is 0.262 e. The van der Waals surface area contributed by atoms with E-state index in [1.54, 1.807) is 28.2 Å². The van der Waals surface area contributed by atoms with Crippen molar-refractivity contribution in [1.29, 1.82) is 0 Å². The van der Waals surface area contributed by atoms with Crippen LogP contribution in [0.2, 0.25) is 0 Å². The Hall–Kier alpha value is -4.98. The average molecular weight is 463 g/mol. The van der Waals surface area contributed by atoms with Gasteiger partial charge in [0.05, 0.1) is 17.8 Å². The van der Waals surface area contributed by atoms with Gasteiger partial charge in [-0.3, -0.25) is 9.36 Å². The summed E-state index contributed by atoms with van der Waals surface area (Å²) >= 11 is 0. The maximum absolute atomic E-state index is 13.4. The summed E-state index contributed by atoms with van der Waals surface area (Å²) in [5.74, 6) is -0.115. The Labute approximate surface area is 201 Å². The summed E-state index contributed by atoms with van der Waals surface area (Å²) in [6, 6.07) is 24.7. The Morgan fingerprint density at radius 1 is 0.886 bits per heavy atom. The van der Waals surface area contributed by atoms with Crippen LogP contribution in [0.3, 0.4) is 0 Å². The zero-order chi connectivity index (χ0) is 24.2. The van der Waals surface area contributed by atoms with Crippen LogP contribution in [0, 0.1) is 0 Å². The van der Waals surface area contributed by atoms with E-state index in [4.69, 9.17) is 0 Å². The first kappa shape index (κ1) is 21.8. The van der Waals surface area contributed by atoms with Gasteiger partial charge in [0.2, 0.25) is 0 Å². The zero-order valence-electron chi connectivity index (χ0n) is 18.6. The number of benzene rings is 3. The van der Waals surface area contributed by atoms with Crippen LogP contribution >= 0.6 is 0 Å². The summed E-state index contributed by atoms with van der Waals surface area (Å²) in [7, 11) is 0. The number of phenols is 2. The van der Waals surface area contributed by atoms with E-state index in [1.165, 1.54) is 12.1 Å². The summed E-state index contributed by atoms with van der Waals surface area (Å²) in [6.45, 7) is 0.304. The van der Waals surface area contributed by atoms with Crippen molar-refractivity contribution in [3.63, 3.8) is 0 Å². The standard InChI is InChI=1S/C27H21N5O3/c33-22-10-11-23(25(34)16-22)27(35)32(17-19-4-2-1-3-5-19)21-8-6-20(7-9-21)24-12-13-26(30-29-24)31-15-14-28-18-31/h1-16,18,33-34H,17H2. The molecule has 172 valence electrons. The number of aromatic hydroxyl groups is 2. The lowest BCUT2D eigenvalue weighted by molar-refractivity contribution is 0.0982. The van der Waals surface area contributed by atoms with Crippen molar-refractivity contribution < 1.29 is 15.0 Å². The minimum Gasteiger partial charge on any atom is -0.508 e. The molecule has 2 N–H and O–H groups in total. The molecule has 0 saturated heterocycles. The highest BCUT2D eigenvalue weighted by Gasteiger charge is 2.21. The van der Waals surface area contributed by atoms with E-state index in [0.717, 1.165) is 17.2 Å². The largest absolute Gasteiger partial charge is 0.508 e. The SMILES string of the molecule is O=C(c1ccc(O)cc1O)N(Cc1ccccc1)c1ccc(-c2ccc(-n3ccnc3)nn2)cc1. The molecule has 5 aromatic rings. The molecule has 0 bridgehead atoms. The minimum absolute atomic E-state index is 0.101. The summed E-state index contributed by atoms with van der Waals surface area (Å²) in [5.41, 5.74) is 3.22. The smallest absolute Gasteiger partial charge is 0.262 e. The van der Waals surface area contributed by atoms with E-state index < -0.39 is 0 Å². The van der Waals surface area contributed by atoms with E-state index in [-0.39, 0.29) is 23.0 Å². The normalized spacial score (nSPS) is 10.7. The van der Waals surface area contributed by atoms with Crippen LogP contribution in [0.15, 0.2) is 104 Å². The van der Waals surface area contributed by atoms with E-state index >= 15 is 0 Å². The quantitative estimate of drug-likeness (QED) is 0.382. The van der Waals surface area contributed by atoms with Crippen molar-refractivity contribution in [1.82, 2.24) is 19.7 Å². The number of phenolic OH excluding ortho intramolecular Hbond substituents is 2. The highest BCUT2D eigenvalue weighted by Crippen LogP contribution is 2.29.